The fourth-order valence-electron chi connectivity index (χ4n) is 3.42. The van der Waals surface area contributed by atoms with Crippen LogP contribution in [0.15, 0.2) is 48.5 Å². The number of benzene rings is 2. The van der Waals surface area contributed by atoms with E-state index in [1.165, 1.54) is 23.8 Å². The number of rotatable bonds is 4. The van der Waals surface area contributed by atoms with E-state index < -0.39 is 5.97 Å². The fourth-order valence-corrected chi connectivity index (χ4v) is 3.42. The molecule has 4 rings (SSSR count). The van der Waals surface area contributed by atoms with Crippen molar-refractivity contribution in [1.82, 2.24) is 9.88 Å². The van der Waals surface area contributed by atoms with Crippen LogP contribution in [0.4, 0.5) is 0 Å². The van der Waals surface area contributed by atoms with Gasteiger partial charge in [0.25, 0.3) is 5.91 Å². The number of aromatic nitrogens is 1. The average Bonchev–Trinajstić information content (AvgIpc) is 3.09. The number of hydrogen-bond acceptors (Lipinski definition) is 4. The first-order valence-corrected chi connectivity index (χ1v) is 8.83. The highest BCUT2D eigenvalue weighted by Crippen LogP contribution is 2.27. The van der Waals surface area contributed by atoms with E-state index >= 15 is 0 Å². The molecule has 138 valence electrons. The van der Waals surface area contributed by atoms with Crippen LogP contribution in [-0.4, -0.2) is 42.0 Å². The van der Waals surface area contributed by atoms with Crippen LogP contribution in [-0.2, 0) is 22.5 Å². The molecule has 0 spiro atoms. The first kappa shape index (κ1) is 17.1. The second-order valence-electron chi connectivity index (χ2n) is 6.50. The summed E-state index contributed by atoms with van der Waals surface area (Å²) >= 11 is 0. The van der Waals surface area contributed by atoms with E-state index in [0.717, 1.165) is 11.9 Å². The Morgan fingerprint density at radius 2 is 1.89 bits per heavy atom. The number of amides is 1. The third kappa shape index (κ3) is 3.38. The molecule has 1 aliphatic rings. The summed E-state index contributed by atoms with van der Waals surface area (Å²) in [4.78, 5) is 29.3. The Morgan fingerprint density at radius 3 is 2.67 bits per heavy atom. The minimum Gasteiger partial charge on any atom is -0.484 e. The topological polar surface area (TPSA) is 71.6 Å². The molecule has 27 heavy (non-hydrogen) atoms. The van der Waals surface area contributed by atoms with Gasteiger partial charge in [-0.1, -0.05) is 18.2 Å². The van der Waals surface area contributed by atoms with Crippen molar-refractivity contribution in [2.45, 2.75) is 13.0 Å². The molecular formula is C21H20N2O4. The first-order chi connectivity index (χ1) is 13.2. The highest BCUT2D eigenvalue weighted by molar-refractivity contribution is 5.89. The Hall–Kier alpha value is -3.28. The maximum absolute atomic E-state index is 12.6. The minimum absolute atomic E-state index is 0.0325. The van der Waals surface area contributed by atoms with Crippen molar-refractivity contribution in [3.8, 4) is 5.75 Å². The number of H-pyrrole nitrogens is 1. The molecule has 0 fully saturated rings. The van der Waals surface area contributed by atoms with E-state index in [4.69, 9.17) is 4.74 Å². The van der Waals surface area contributed by atoms with Gasteiger partial charge in [0.1, 0.15) is 5.75 Å². The third-order valence-electron chi connectivity index (χ3n) is 4.87. The number of para-hydroxylation sites is 1. The van der Waals surface area contributed by atoms with Gasteiger partial charge in [0, 0.05) is 41.7 Å². The molecule has 0 saturated heterocycles. The van der Waals surface area contributed by atoms with Crippen molar-refractivity contribution in [2.24, 2.45) is 0 Å². The summed E-state index contributed by atoms with van der Waals surface area (Å²) in [6.45, 7) is 1.22. The van der Waals surface area contributed by atoms with Gasteiger partial charge in [0.05, 0.1) is 12.7 Å². The zero-order valence-electron chi connectivity index (χ0n) is 15.0. The maximum atomic E-state index is 12.6. The van der Waals surface area contributed by atoms with Crippen LogP contribution in [0.3, 0.4) is 0 Å². The standard InChI is InChI=1S/C21H20N2O4/c1-26-21(25)14-6-8-15(9-7-14)27-13-20(24)23-11-10-19-17(12-23)16-4-2-3-5-18(16)22-19/h2-9,22H,10-13H2,1H3. The molecule has 2 heterocycles. The molecule has 6 nitrogen and oxygen atoms in total. The Labute approximate surface area is 156 Å². The van der Waals surface area contributed by atoms with Crippen LogP contribution in [0.1, 0.15) is 21.6 Å². The van der Waals surface area contributed by atoms with Crippen molar-refractivity contribution in [2.75, 3.05) is 20.3 Å². The predicted octanol–water partition coefficient (Wildman–Crippen LogP) is 2.92. The van der Waals surface area contributed by atoms with Gasteiger partial charge in [-0.3, -0.25) is 4.79 Å². The second kappa shape index (κ2) is 7.15. The smallest absolute Gasteiger partial charge is 0.337 e. The van der Waals surface area contributed by atoms with Crippen LogP contribution >= 0.6 is 0 Å². The van der Waals surface area contributed by atoms with Crippen LogP contribution in [0.2, 0.25) is 0 Å². The van der Waals surface area contributed by atoms with Gasteiger partial charge in [-0.2, -0.15) is 0 Å². The molecule has 0 unspecified atom stereocenters. The van der Waals surface area contributed by atoms with Gasteiger partial charge < -0.3 is 19.4 Å². The fraction of sp³-hybridized carbons (Fsp3) is 0.238. The van der Waals surface area contributed by atoms with E-state index in [1.807, 2.05) is 17.0 Å². The minimum atomic E-state index is -0.402. The maximum Gasteiger partial charge on any atom is 0.337 e. The summed E-state index contributed by atoms with van der Waals surface area (Å²) in [6.07, 6.45) is 0.809. The van der Waals surface area contributed by atoms with Crippen molar-refractivity contribution in [3.05, 3.63) is 65.4 Å². The number of aromatic amines is 1. The Morgan fingerprint density at radius 1 is 1.11 bits per heavy atom. The molecule has 0 atom stereocenters. The van der Waals surface area contributed by atoms with Gasteiger partial charge in [0.2, 0.25) is 0 Å². The summed E-state index contributed by atoms with van der Waals surface area (Å²) in [5, 5.41) is 1.17. The zero-order valence-corrected chi connectivity index (χ0v) is 15.0. The summed E-state index contributed by atoms with van der Waals surface area (Å²) < 4.78 is 10.3. The van der Waals surface area contributed by atoms with Crippen LogP contribution < -0.4 is 4.74 Å². The lowest BCUT2D eigenvalue weighted by Crippen LogP contribution is -2.38. The van der Waals surface area contributed by atoms with Crippen LogP contribution in [0.5, 0.6) is 5.75 Å². The predicted molar refractivity (Wildman–Crippen MR) is 101 cm³/mol. The lowest BCUT2D eigenvalue weighted by atomic mass is 10.0. The number of hydrogen-bond donors (Lipinski definition) is 1. The summed E-state index contributed by atoms with van der Waals surface area (Å²) in [6, 6.07) is 14.7. The zero-order chi connectivity index (χ0) is 18.8. The third-order valence-corrected chi connectivity index (χ3v) is 4.87. The molecule has 1 amide bonds. The van der Waals surface area contributed by atoms with E-state index in [0.29, 0.717) is 24.4 Å². The molecule has 2 aromatic carbocycles. The van der Waals surface area contributed by atoms with Crippen molar-refractivity contribution in [1.29, 1.82) is 0 Å². The Balaban J connectivity index is 1.40. The van der Waals surface area contributed by atoms with Gasteiger partial charge >= 0.3 is 5.97 Å². The molecule has 1 aromatic heterocycles. The molecule has 1 N–H and O–H groups in total. The molecule has 0 saturated carbocycles. The van der Waals surface area contributed by atoms with Gasteiger partial charge in [-0.15, -0.1) is 0 Å². The number of nitrogens with one attached hydrogen (secondary N) is 1. The van der Waals surface area contributed by atoms with Gasteiger partial charge in [-0.25, -0.2) is 4.79 Å². The normalized spacial score (nSPS) is 13.3. The van der Waals surface area contributed by atoms with E-state index in [-0.39, 0.29) is 12.5 Å². The lowest BCUT2D eigenvalue weighted by Gasteiger charge is -2.27. The molecule has 3 aromatic rings. The molecule has 0 radical (unpaired) electrons. The van der Waals surface area contributed by atoms with Crippen LogP contribution in [0, 0.1) is 0 Å². The van der Waals surface area contributed by atoms with Crippen LogP contribution in [0.25, 0.3) is 10.9 Å². The second-order valence-corrected chi connectivity index (χ2v) is 6.50. The van der Waals surface area contributed by atoms with E-state index in [2.05, 4.69) is 21.9 Å². The highest BCUT2D eigenvalue weighted by Gasteiger charge is 2.24. The molecule has 0 aliphatic carbocycles. The number of carbonyl (C=O) groups is 2. The van der Waals surface area contributed by atoms with Gasteiger partial charge in [0.15, 0.2) is 6.61 Å². The van der Waals surface area contributed by atoms with Crippen molar-refractivity contribution < 1.29 is 19.1 Å². The quantitative estimate of drug-likeness (QED) is 0.723. The number of ether oxygens (including phenoxy) is 2. The Bertz CT molecular complexity index is 991. The summed E-state index contributed by atoms with van der Waals surface area (Å²) in [5.41, 5.74) is 3.95. The molecule has 0 bridgehead atoms. The van der Waals surface area contributed by atoms with E-state index in [1.54, 1.807) is 24.3 Å². The Kier molecular flexibility index (Phi) is 4.54. The summed E-state index contributed by atoms with van der Waals surface area (Å²) in [5.74, 6) is 0.0873. The molecule has 6 heteroatoms. The van der Waals surface area contributed by atoms with Crippen molar-refractivity contribution >= 4 is 22.8 Å². The van der Waals surface area contributed by atoms with Gasteiger partial charge in [-0.05, 0) is 30.3 Å². The molecule has 1 aliphatic heterocycles. The highest BCUT2D eigenvalue weighted by atomic mass is 16.5. The first-order valence-electron chi connectivity index (χ1n) is 8.83. The lowest BCUT2D eigenvalue weighted by molar-refractivity contribution is -0.134. The number of carbonyl (C=O) groups excluding carboxylic acids is 2. The monoisotopic (exact) mass is 364 g/mol. The number of methoxy groups -OCH3 is 1. The number of fused-ring (bicyclic) bond motifs is 3. The molecular weight excluding hydrogens is 344 g/mol. The average molecular weight is 364 g/mol. The SMILES string of the molecule is COC(=O)c1ccc(OCC(=O)N2CCc3[nH]c4ccccc4c3C2)cc1. The largest absolute Gasteiger partial charge is 0.484 e. The summed E-state index contributed by atoms with van der Waals surface area (Å²) in [7, 11) is 1.34. The van der Waals surface area contributed by atoms with Crippen molar-refractivity contribution in [3.63, 3.8) is 0 Å². The van der Waals surface area contributed by atoms with E-state index in [9.17, 15) is 9.59 Å². The number of esters is 1. The number of nitrogens with zero attached hydrogens (tertiary/aromatic N) is 1.